The van der Waals surface area contributed by atoms with E-state index in [9.17, 15) is 18.4 Å². The molecule has 0 aliphatic rings. The van der Waals surface area contributed by atoms with E-state index in [1.54, 1.807) is 24.7 Å². The number of ketones is 1. The molecule has 0 saturated carbocycles. The number of nitrogens with one attached hydrogen (secondary N) is 2. The number of rotatable bonds is 6. The molecule has 0 aliphatic heterocycles. The standard InChI is InChI=1S/C26H19F2N5O2.ClH/c1-15(25(34)16-2-6-20(27)7-3-16)32-26(35)21-8-4-17(10-22(21)28)23-13-29-24-9-5-18(14-33(23)24)19-11-30-31-12-19;/h2-15H,1H3,(H,30,31)(H,32,35);1H/t15-;/m0./s1. The van der Waals surface area contributed by atoms with E-state index in [2.05, 4.69) is 20.5 Å². The normalized spacial score (nSPS) is 11.6. The molecule has 1 amide bonds. The first kappa shape index (κ1) is 24.7. The number of halogens is 3. The number of Topliss-reactive ketones (excluding diaryl/α,β-unsaturated/α-hetero) is 1. The van der Waals surface area contributed by atoms with E-state index in [1.165, 1.54) is 43.3 Å². The number of benzene rings is 2. The Morgan fingerprint density at radius 3 is 2.42 bits per heavy atom. The van der Waals surface area contributed by atoms with Gasteiger partial charge in [-0.2, -0.15) is 5.10 Å². The number of carbonyl (C=O) groups is 2. The molecule has 0 saturated heterocycles. The predicted octanol–water partition coefficient (Wildman–Crippen LogP) is 5.09. The summed E-state index contributed by atoms with van der Waals surface area (Å²) >= 11 is 0. The van der Waals surface area contributed by atoms with Crippen LogP contribution < -0.4 is 5.32 Å². The smallest absolute Gasteiger partial charge is 0.254 e. The number of imidazole rings is 1. The van der Waals surface area contributed by atoms with Gasteiger partial charge in [0.15, 0.2) is 5.78 Å². The van der Waals surface area contributed by atoms with Crippen molar-refractivity contribution in [2.75, 3.05) is 0 Å². The summed E-state index contributed by atoms with van der Waals surface area (Å²) in [5.41, 5.74) is 3.72. The average molecular weight is 508 g/mol. The summed E-state index contributed by atoms with van der Waals surface area (Å²) in [7, 11) is 0. The van der Waals surface area contributed by atoms with E-state index in [1.807, 2.05) is 22.7 Å². The van der Waals surface area contributed by atoms with Crippen LogP contribution in [0.25, 0.3) is 28.0 Å². The highest BCUT2D eigenvalue weighted by Crippen LogP contribution is 2.26. The van der Waals surface area contributed by atoms with Crippen molar-refractivity contribution in [3.05, 3.63) is 102 Å². The molecule has 0 bridgehead atoms. The Hall–Kier alpha value is -4.37. The highest BCUT2D eigenvalue weighted by Gasteiger charge is 2.21. The van der Waals surface area contributed by atoms with Crippen molar-refractivity contribution in [3.63, 3.8) is 0 Å². The fourth-order valence-corrected chi connectivity index (χ4v) is 3.84. The molecule has 0 spiro atoms. The third-order valence-corrected chi connectivity index (χ3v) is 5.72. The molecule has 182 valence electrons. The van der Waals surface area contributed by atoms with Gasteiger partial charge < -0.3 is 5.32 Å². The molecule has 3 heterocycles. The average Bonchev–Trinajstić information content (AvgIpc) is 3.54. The van der Waals surface area contributed by atoms with Crippen molar-refractivity contribution in [1.29, 1.82) is 0 Å². The number of aromatic amines is 1. The lowest BCUT2D eigenvalue weighted by atomic mass is 10.0. The molecule has 5 aromatic rings. The first-order valence-corrected chi connectivity index (χ1v) is 10.8. The number of pyridine rings is 1. The Kier molecular flexibility index (Phi) is 6.93. The maximum Gasteiger partial charge on any atom is 0.254 e. The zero-order chi connectivity index (χ0) is 24.5. The predicted molar refractivity (Wildman–Crippen MR) is 133 cm³/mol. The van der Waals surface area contributed by atoms with E-state index in [0.717, 1.165) is 11.1 Å². The van der Waals surface area contributed by atoms with Crippen LogP contribution in [-0.4, -0.2) is 37.3 Å². The van der Waals surface area contributed by atoms with Crippen molar-refractivity contribution < 1.29 is 18.4 Å². The SMILES string of the molecule is C[C@H](NC(=O)c1ccc(-c2cnc3ccc(-c4cn[nH]c4)cn23)cc1F)C(=O)c1ccc(F)cc1.Cl. The van der Waals surface area contributed by atoms with E-state index in [0.29, 0.717) is 16.9 Å². The topological polar surface area (TPSA) is 92.2 Å². The molecule has 0 radical (unpaired) electrons. The van der Waals surface area contributed by atoms with Gasteiger partial charge in [-0.3, -0.25) is 19.1 Å². The first-order valence-electron chi connectivity index (χ1n) is 10.8. The van der Waals surface area contributed by atoms with Crippen molar-refractivity contribution in [2.45, 2.75) is 13.0 Å². The Morgan fingerprint density at radius 1 is 0.972 bits per heavy atom. The molecule has 7 nitrogen and oxygen atoms in total. The molecule has 3 aromatic heterocycles. The molecule has 10 heteroatoms. The zero-order valence-electron chi connectivity index (χ0n) is 18.9. The van der Waals surface area contributed by atoms with Crippen LogP contribution in [0.4, 0.5) is 8.78 Å². The van der Waals surface area contributed by atoms with Gasteiger partial charge in [-0.05, 0) is 55.5 Å². The molecule has 5 rings (SSSR count). The Bertz CT molecular complexity index is 1550. The van der Waals surface area contributed by atoms with Gasteiger partial charge in [0.1, 0.15) is 17.3 Å². The molecule has 2 N–H and O–H groups in total. The number of hydrogen-bond donors (Lipinski definition) is 2. The van der Waals surface area contributed by atoms with Crippen molar-refractivity contribution in [1.82, 2.24) is 24.9 Å². The van der Waals surface area contributed by atoms with E-state index >= 15 is 0 Å². The van der Waals surface area contributed by atoms with E-state index < -0.39 is 29.4 Å². The lowest BCUT2D eigenvalue weighted by Gasteiger charge is -2.14. The van der Waals surface area contributed by atoms with Crippen LogP contribution in [0, 0.1) is 11.6 Å². The molecule has 36 heavy (non-hydrogen) atoms. The number of fused-ring (bicyclic) bond motifs is 1. The summed E-state index contributed by atoms with van der Waals surface area (Å²) in [6, 6.07) is 12.1. The highest BCUT2D eigenvalue weighted by atomic mass is 35.5. The molecule has 0 aliphatic carbocycles. The zero-order valence-corrected chi connectivity index (χ0v) is 19.7. The minimum atomic E-state index is -0.924. The number of H-pyrrole nitrogens is 1. The van der Waals surface area contributed by atoms with Gasteiger partial charge in [-0.1, -0.05) is 6.07 Å². The molecular weight excluding hydrogens is 488 g/mol. The van der Waals surface area contributed by atoms with Gasteiger partial charge in [0, 0.05) is 34.6 Å². The van der Waals surface area contributed by atoms with Gasteiger partial charge in [0.2, 0.25) is 0 Å². The fraction of sp³-hybridized carbons (Fsp3) is 0.0769. The van der Waals surface area contributed by atoms with Crippen LogP contribution in [0.5, 0.6) is 0 Å². The van der Waals surface area contributed by atoms with Gasteiger partial charge >= 0.3 is 0 Å². The van der Waals surface area contributed by atoms with Crippen LogP contribution in [0.1, 0.15) is 27.6 Å². The fourth-order valence-electron chi connectivity index (χ4n) is 3.84. The number of aromatic nitrogens is 4. The maximum absolute atomic E-state index is 15.0. The third-order valence-electron chi connectivity index (χ3n) is 5.72. The Morgan fingerprint density at radius 2 is 1.72 bits per heavy atom. The summed E-state index contributed by atoms with van der Waals surface area (Å²) in [6.45, 7) is 1.49. The van der Waals surface area contributed by atoms with Gasteiger partial charge in [-0.25, -0.2) is 13.8 Å². The summed E-state index contributed by atoms with van der Waals surface area (Å²) in [4.78, 5) is 29.5. The van der Waals surface area contributed by atoms with Crippen LogP contribution in [-0.2, 0) is 0 Å². The van der Waals surface area contributed by atoms with Crippen LogP contribution in [0.15, 0.2) is 79.4 Å². The lowest BCUT2D eigenvalue weighted by Crippen LogP contribution is -2.38. The van der Waals surface area contributed by atoms with Gasteiger partial charge in [0.25, 0.3) is 5.91 Å². The van der Waals surface area contributed by atoms with E-state index in [-0.39, 0.29) is 23.5 Å². The summed E-state index contributed by atoms with van der Waals surface area (Å²) in [5, 5.41) is 9.25. The van der Waals surface area contributed by atoms with Crippen molar-refractivity contribution in [3.8, 4) is 22.4 Å². The number of nitrogens with zero attached hydrogens (tertiary/aromatic N) is 3. The summed E-state index contributed by atoms with van der Waals surface area (Å²) in [6.07, 6.45) is 6.98. The Labute approximate surface area is 210 Å². The third kappa shape index (κ3) is 4.73. The van der Waals surface area contributed by atoms with Gasteiger partial charge in [0.05, 0.1) is 29.7 Å². The number of carbonyl (C=O) groups excluding carboxylic acids is 2. The molecule has 0 fully saturated rings. The monoisotopic (exact) mass is 507 g/mol. The van der Waals surface area contributed by atoms with Crippen LogP contribution >= 0.6 is 12.4 Å². The van der Waals surface area contributed by atoms with Crippen molar-refractivity contribution in [2.24, 2.45) is 0 Å². The first-order chi connectivity index (χ1) is 16.9. The molecular formula is C26H20ClF2N5O2. The largest absolute Gasteiger partial charge is 0.342 e. The highest BCUT2D eigenvalue weighted by molar-refractivity contribution is 6.04. The molecule has 2 aromatic carbocycles. The number of amides is 1. The summed E-state index contributed by atoms with van der Waals surface area (Å²) in [5.74, 6) is -2.33. The second-order valence-electron chi connectivity index (χ2n) is 8.04. The quantitative estimate of drug-likeness (QED) is 0.313. The van der Waals surface area contributed by atoms with Gasteiger partial charge in [-0.15, -0.1) is 12.4 Å². The maximum atomic E-state index is 15.0. The molecule has 1 atom stereocenters. The minimum Gasteiger partial charge on any atom is -0.342 e. The van der Waals surface area contributed by atoms with Crippen molar-refractivity contribution >= 4 is 29.7 Å². The van der Waals surface area contributed by atoms with E-state index in [4.69, 9.17) is 0 Å². The Balaban J connectivity index is 0.00000304. The second kappa shape index (κ2) is 10.1. The minimum absolute atomic E-state index is 0. The number of hydrogen-bond acceptors (Lipinski definition) is 4. The van der Waals surface area contributed by atoms with Crippen LogP contribution in [0.3, 0.4) is 0 Å². The lowest BCUT2D eigenvalue weighted by molar-refractivity contribution is 0.0863. The summed E-state index contributed by atoms with van der Waals surface area (Å²) < 4.78 is 29.9. The molecule has 0 unspecified atom stereocenters. The second-order valence-corrected chi connectivity index (χ2v) is 8.04. The van der Waals surface area contributed by atoms with Crippen LogP contribution in [0.2, 0.25) is 0 Å².